The molecule has 2 aliphatic rings. The summed E-state index contributed by atoms with van der Waals surface area (Å²) in [6.45, 7) is 4.44. The van der Waals surface area contributed by atoms with Gasteiger partial charge >= 0.3 is 0 Å². The van der Waals surface area contributed by atoms with E-state index in [4.69, 9.17) is 0 Å². The van der Waals surface area contributed by atoms with Gasteiger partial charge in [-0.2, -0.15) is 5.10 Å². The highest BCUT2D eigenvalue weighted by atomic mass is 19.1. The summed E-state index contributed by atoms with van der Waals surface area (Å²) in [5.74, 6) is -0.583. The fourth-order valence-corrected chi connectivity index (χ4v) is 4.62. The average Bonchev–Trinajstić information content (AvgIpc) is 3.29. The van der Waals surface area contributed by atoms with Crippen molar-refractivity contribution in [1.82, 2.24) is 14.7 Å². The van der Waals surface area contributed by atoms with Gasteiger partial charge in [0.15, 0.2) is 0 Å². The van der Waals surface area contributed by atoms with E-state index in [-0.39, 0.29) is 36.4 Å². The molecular weight excluding hydrogens is 402 g/mol. The lowest BCUT2D eigenvalue weighted by Crippen LogP contribution is -2.39. The highest BCUT2D eigenvalue weighted by molar-refractivity contribution is 5.97. The third-order valence-corrected chi connectivity index (χ3v) is 6.55. The predicted molar refractivity (Wildman–Crippen MR) is 112 cm³/mol. The Kier molecular flexibility index (Phi) is 6.07. The van der Waals surface area contributed by atoms with Crippen LogP contribution >= 0.6 is 0 Å². The van der Waals surface area contributed by atoms with Crippen molar-refractivity contribution in [3.8, 4) is 0 Å². The number of aryl methyl sites for hydroxylation is 1. The van der Waals surface area contributed by atoms with Crippen LogP contribution < -0.4 is 5.32 Å². The van der Waals surface area contributed by atoms with E-state index in [0.29, 0.717) is 23.8 Å². The number of hydrogen-bond donors (Lipinski definition) is 1. The Bertz CT molecular complexity index is 982. The molecular formula is C23H28F2N4O2. The summed E-state index contributed by atoms with van der Waals surface area (Å²) in [7, 11) is 0. The number of hydrogen-bond acceptors (Lipinski definition) is 3. The molecule has 1 aromatic heterocycles. The Morgan fingerprint density at radius 1 is 1.23 bits per heavy atom. The molecule has 1 N–H and O–H groups in total. The maximum Gasteiger partial charge on any atom is 0.230 e. The number of aromatic nitrogens is 2. The lowest BCUT2D eigenvalue weighted by molar-refractivity contribution is -0.130. The van der Waals surface area contributed by atoms with Gasteiger partial charge in [0.2, 0.25) is 11.8 Å². The molecule has 2 heterocycles. The second kappa shape index (κ2) is 8.77. The summed E-state index contributed by atoms with van der Waals surface area (Å²) in [5.41, 5.74) is 0.861. The van der Waals surface area contributed by atoms with Crippen molar-refractivity contribution in [3.05, 3.63) is 47.2 Å². The topological polar surface area (TPSA) is 67.2 Å². The first-order chi connectivity index (χ1) is 14.8. The van der Waals surface area contributed by atoms with Crippen molar-refractivity contribution in [2.45, 2.75) is 58.5 Å². The first-order valence-corrected chi connectivity index (χ1v) is 10.9. The summed E-state index contributed by atoms with van der Waals surface area (Å²) in [5, 5.41) is 7.08. The van der Waals surface area contributed by atoms with E-state index in [0.717, 1.165) is 43.9 Å². The zero-order chi connectivity index (χ0) is 22.1. The molecule has 8 heteroatoms. The third-order valence-electron chi connectivity index (χ3n) is 6.55. The van der Waals surface area contributed by atoms with Gasteiger partial charge in [-0.05, 0) is 56.7 Å². The summed E-state index contributed by atoms with van der Waals surface area (Å²) in [4.78, 5) is 27.4. The highest BCUT2D eigenvalue weighted by Crippen LogP contribution is 2.31. The molecule has 0 spiro atoms. The van der Waals surface area contributed by atoms with E-state index in [9.17, 15) is 18.4 Å². The molecule has 0 bridgehead atoms. The Morgan fingerprint density at radius 2 is 1.97 bits per heavy atom. The zero-order valence-electron chi connectivity index (χ0n) is 17.9. The number of benzene rings is 1. The van der Waals surface area contributed by atoms with E-state index in [1.54, 1.807) is 13.1 Å². The fourth-order valence-electron chi connectivity index (χ4n) is 4.62. The zero-order valence-corrected chi connectivity index (χ0v) is 17.9. The quantitative estimate of drug-likeness (QED) is 0.783. The van der Waals surface area contributed by atoms with Crippen LogP contribution in [0.5, 0.6) is 0 Å². The van der Waals surface area contributed by atoms with Crippen molar-refractivity contribution < 1.29 is 18.4 Å². The molecule has 0 radical (unpaired) electrons. The van der Waals surface area contributed by atoms with Gasteiger partial charge < -0.3 is 10.2 Å². The third kappa shape index (κ3) is 4.62. The van der Waals surface area contributed by atoms with Crippen LogP contribution in [0, 0.1) is 30.4 Å². The monoisotopic (exact) mass is 430 g/mol. The van der Waals surface area contributed by atoms with E-state index >= 15 is 0 Å². The van der Waals surface area contributed by atoms with Crippen molar-refractivity contribution in [2.75, 3.05) is 11.9 Å². The number of nitrogens with one attached hydrogen (secondary N) is 1. The SMILES string of the molecule is Cc1cnn(Cc2cc(F)ccc2F)c1NC(=O)[C@H]1CC(=O)N(C2CCC(C)CC2)C1. The molecule has 1 saturated heterocycles. The van der Waals surface area contributed by atoms with E-state index < -0.39 is 17.6 Å². The van der Waals surface area contributed by atoms with Gasteiger partial charge in [-0.15, -0.1) is 0 Å². The number of anilines is 1. The van der Waals surface area contributed by atoms with Gasteiger partial charge in [0.1, 0.15) is 17.5 Å². The largest absolute Gasteiger partial charge is 0.339 e. The van der Waals surface area contributed by atoms with Crippen LogP contribution in [-0.4, -0.2) is 39.1 Å². The number of carbonyl (C=O) groups is 2. The number of likely N-dealkylation sites (tertiary alicyclic amines) is 1. The minimum atomic E-state index is -0.536. The van der Waals surface area contributed by atoms with Gasteiger partial charge in [-0.3, -0.25) is 9.59 Å². The predicted octanol–water partition coefficient (Wildman–Crippen LogP) is 3.88. The van der Waals surface area contributed by atoms with Gasteiger partial charge in [0.25, 0.3) is 0 Å². The van der Waals surface area contributed by atoms with Gasteiger partial charge in [-0.1, -0.05) is 6.92 Å². The first kappa shape index (κ1) is 21.5. The van der Waals surface area contributed by atoms with Gasteiger partial charge in [0.05, 0.1) is 18.7 Å². The summed E-state index contributed by atoms with van der Waals surface area (Å²) >= 11 is 0. The molecule has 4 rings (SSSR count). The lowest BCUT2D eigenvalue weighted by atomic mass is 9.87. The molecule has 1 atom stereocenters. The first-order valence-electron chi connectivity index (χ1n) is 10.9. The molecule has 6 nitrogen and oxygen atoms in total. The highest BCUT2D eigenvalue weighted by Gasteiger charge is 2.39. The van der Waals surface area contributed by atoms with Crippen molar-refractivity contribution >= 4 is 17.6 Å². The molecule has 31 heavy (non-hydrogen) atoms. The molecule has 2 aromatic rings. The maximum absolute atomic E-state index is 14.1. The molecule has 1 aliphatic carbocycles. The second-order valence-electron chi connectivity index (χ2n) is 8.92. The molecule has 2 amide bonds. The van der Waals surface area contributed by atoms with Crippen molar-refractivity contribution in [1.29, 1.82) is 0 Å². The van der Waals surface area contributed by atoms with Crippen molar-refractivity contribution in [2.24, 2.45) is 11.8 Å². The molecule has 1 aromatic carbocycles. The van der Waals surface area contributed by atoms with Crippen LogP contribution in [0.25, 0.3) is 0 Å². The molecule has 1 saturated carbocycles. The number of amides is 2. The van der Waals surface area contributed by atoms with Crippen LogP contribution in [0.4, 0.5) is 14.6 Å². The van der Waals surface area contributed by atoms with Crippen LogP contribution in [0.2, 0.25) is 0 Å². The normalized spacial score (nSPS) is 23.9. The Morgan fingerprint density at radius 3 is 2.71 bits per heavy atom. The smallest absolute Gasteiger partial charge is 0.230 e. The Hall–Kier alpha value is -2.77. The van der Waals surface area contributed by atoms with E-state index in [2.05, 4.69) is 17.3 Å². The summed E-state index contributed by atoms with van der Waals surface area (Å²) < 4.78 is 29.0. The van der Waals surface area contributed by atoms with Crippen LogP contribution in [-0.2, 0) is 16.1 Å². The standard InChI is InChI=1S/C23H28F2N4O2/c1-14-3-6-19(7-4-14)28-12-17(10-21(28)30)23(31)27-22-15(2)11-26-29(22)13-16-9-18(24)5-8-20(16)25/h5,8-9,11,14,17,19H,3-4,6-7,10,12-13H2,1-2H3,(H,27,31)/t14?,17-,19?/m0/s1. The average molecular weight is 430 g/mol. The van der Waals surface area contributed by atoms with Crippen molar-refractivity contribution in [3.63, 3.8) is 0 Å². The second-order valence-corrected chi connectivity index (χ2v) is 8.92. The molecule has 0 unspecified atom stereocenters. The van der Waals surface area contributed by atoms with Crippen LogP contribution in [0.1, 0.15) is 50.2 Å². The molecule has 166 valence electrons. The van der Waals surface area contributed by atoms with Crippen LogP contribution in [0.3, 0.4) is 0 Å². The fraction of sp³-hybridized carbons (Fsp3) is 0.522. The maximum atomic E-state index is 14.1. The van der Waals surface area contributed by atoms with E-state index in [1.807, 2.05) is 4.90 Å². The minimum absolute atomic E-state index is 0.0109. The number of carbonyl (C=O) groups excluding carboxylic acids is 2. The lowest BCUT2D eigenvalue weighted by Gasteiger charge is -2.33. The summed E-state index contributed by atoms with van der Waals surface area (Å²) in [6, 6.07) is 3.48. The van der Waals surface area contributed by atoms with E-state index in [1.165, 1.54) is 4.68 Å². The molecule has 1 aliphatic heterocycles. The Labute approximate surface area is 180 Å². The minimum Gasteiger partial charge on any atom is -0.339 e. The summed E-state index contributed by atoms with van der Waals surface area (Å²) in [6.07, 6.45) is 5.98. The number of nitrogens with zero attached hydrogens (tertiary/aromatic N) is 3. The van der Waals surface area contributed by atoms with Crippen LogP contribution in [0.15, 0.2) is 24.4 Å². The van der Waals surface area contributed by atoms with Gasteiger partial charge in [-0.25, -0.2) is 13.5 Å². The number of rotatable bonds is 5. The molecule has 2 fully saturated rings. The van der Waals surface area contributed by atoms with Gasteiger partial charge in [0, 0.05) is 30.1 Å². The number of halogens is 2. The Balaban J connectivity index is 1.44.